The van der Waals surface area contributed by atoms with Crippen molar-refractivity contribution in [3.8, 4) is 0 Å². The summed E-state index contributed by atoms with van der Waals surface area (Å²) in [6.07, 6.45) is 5.42. The molecule has 17 heavy (non-hydrogen) atoms. The molecular weight excluding hydrogens is 218 g/mol. The van der Waals surface area contributed by atoms with Gasteiger partial charge < -0.3 is 9.84 Å². The summed E-state index contributed by atoms with van der Waals surface area (Å²) in [4.78, 5) is 13.1. The van der Waals surface area contributed by atoms with Crippen LogP contribution in [0.3, 0.4) is 0 Å². The highest BCUT2D eigenvalue weighted by Gasteiger charge is 2.40. The van der Waals surface area contributed by atoms with Gasteiger partial charge >= 0.3 is 5.97 Å². The first-order valence-electron chi connectivity index (χ1n) is 6.53. The van der Waals surface area contributed by atoms with Crippen LogP contribution < -0.4 is 0 Å². The summed E-state index contributed by atoms with van der Waals surface area (Å²) in [5.74, 6) is 1.69. The van der Waals surface area contributed by atoms with Gasteiger partial charge in [0.1, 0.15) is 6.04 Å². The number of likely N-dealkylation sites (N-methyl/N-ethyl adjacent to an activating group) is 1. The maximum atomic E-state index is 11.1. The quantitative estimate of drug-likeness (QED) is 0.764. The van der Waals surface area contributed by atoms with Crippen LogP contribution >= 0.6 is 0 Å². The zero-order valence-corrected chi connectivity index (χ0v) is 10.8. The minimum absolute atomic E-state index is 0.270. The van der Waals surface area contributed by atoms with Gasteiger partial charge in [0.15, 0.2) is 0 Å². The molecule has 2 bridgehead atoms. The highest BCUT2D eigenvalue weighted by Crippen LogP contribution is 2.48. The van der Waals surface area contributed by atoms with Crippen LogP contribution in [0, 0.1) is 17.8 Å². The number of carboxylic acids is 1. The van der Waals surface area contributed by atoms with Gasteiger partial charge in [-0.1, -0.05) is 6.42 Å². The first kappa shape index (κ1) is 12.8. The Morgan fingerprint density at radius 1 is 1.47 bits per heavy atom. The van der Waals surface area contributed by atoms with Gasteiger partial charge in [-0.3, -0.25) is 9.69 Å². The lowest BCUT2D eigenvalue weighted by Crippen LogP contribution is -2.44. The van der Waals surface area contributed by atoms with E-state index in [9.17, 15) is 4.79 Å². The van der Waals surface area contributed by atoms with Crippen LogP contribution in [-0.4, -0.2) is 49.3 Å². The molecular formula is C13H23NO3. The van der Waals surface area contributed by atoms with Crippen LogP contribution in [0.25, 0.3) is 0 Å². The van der Waals surface area contributed by atoms with E-state index in [1.54, 1.807) is 7.11 Å². The van der Waals surface area contributed by atoms with E-state index < -0.39 is 12.0 Å². The van der Waals surface area contributed by atoms with E-state index in [1.807, 2.05) is 11.9 Å². The monoisotopic (exact) mass is 241 g/mol. The molecule has 2 aliphatic carbocycles. The van der Waals surface area contributed by atoms with Gasteiger partial charge in [0.2, 0.25) is 0 Å². The van der Waals surface area contributed by atoms with Crippen LogP contribution in [-0.2, 0) is 9.53 Å². The lowest BCUT2D eigenvalue weighted by molar-refractivity contribution is -0.145. The normalized spacial score (nSPS) is 33.2. The zero-order chi connectivity index (χ0) is 12.4. The molecule has 4 heteroatoms. The topological polar surface area (TPSA) is 49.8 Å². The first-order valence-corrected chi connectivity index (χ1v) is 6.53. The minimum Gasteiger partial charge on any atom is -0.480 e. The average molecular weight is 241 g/mol. The third-order valence-corrected chi connectivity index (χ3v) is 4.55. The molecule has 2 fully saturated rings. The SMILES string of the molecule is COCC(C(=O)O)N(C)CC1CC2CCC1C2. The fourth-order valence-corrected chi connectivity index (χ4v) is 3.64. The molecule has 0 aromatic heterocycles. The Kier molecular flexibility index (Phi) is 4.05. The summed E-state index contributed by atoms with van der Waals surface area (Å²) in [5.41, 5.74) is 0. The van der Waals surface area contributed by atoms with Crippen LogP contribution in [0.2, 0.25) is 0 Å². The number of hydrogen-bond donors (Lipinski definition) is 1. The lowest BCUT2D eigenvalue weighted by Gasteiger charge is -2.30. The van der Waals surface area contributed by atoms with E-state index in [1.165, 1.54) is 25.7 Å². The molecule has 4 nitrogen and oxygen atoms in total. The largest absolute Gasteiger partial charge is 0.480 e. The second-order valence-electron chi connectivity index (χ2n) is 5.68. The van der Waals surface area contributed by atoms with Crippen molar-refractivity contribution < 1.29 is 14.6 Å². The molecule has 4 atom stereocenters. The van der Waals surface area contributed by atoms with Crippen molar-refractivity contribution in [2.45, 2.75) is 31.7 Å². The molecule has 0 radical (unpaired) electrons. The van der Waals surface area contributed by atoms with Gasteiger partial charge in [0, 0.05) is 13.7 Å². The van der Waals surface area contributed by atoms with Crippen molar-refractivity contribution >= 4 is 5.97 Å². The van der Waals surface area contributed by atoms with Crippen molar-refractivity contribution in [3.63, 3.8) is 0 Å². The number of nitrogens with zero attached hydrogens (tertiary/aromatic N) is 1. The Balaban J connectivity index is 1.86. The van der Waals surface area contributed by atoms with Crippen molar-refractivity contribution in [3.05, 3.63) is 0 Å². The Morgan fingerprint density at radius 2 is 2.24 bits per heavy atom. The highest BCUT2D eigenvalue weighted by atomic mass is 16.5. The fourth-order valence-electron chi connectivity index (χ4n) is 3.64. The molecule has 2 aliphatic rings. The number of hydrogen-bond acceptors (Lipinski definition) is 3. The third kappa shape index (κ3) is 2.80. The molecule has 2 rings (SSSR count). The summed E-state index contributed by atoms with van der Waals surface area (Å²) < 4.78 is 4.99. The molecule has 98 valence electrons. The first-order chi connectivity index (χ1) is 8.11. The highest BCUT2D eigenvalue weighted by molar-refractivity contribution is 5.73. The summed E-state index contributed by atoms with van der Waals surface area (Å²) in [7, 11) is 3.46. The predicted octanol–water partition coefficient (Wildman–Crippen LogP) is 1.45. The van der Waals surface area contributed by atoms with Crippen LogP contribution in [0.5, 0.6) is 0 Å². The number of carbonyl (C=O) groups is 1. The van der Waals surface area contributed by atoms with E-state index in [-0.39, 0.29) is 6.61 Å². The minimum atomic E-state index is -0.780. The van der Waals surface area contributed by atoms with Gasteiger partial charge in [0.05, 0.1) is 6.61 Å². The second-order valence-corrected chi connectivity index (χ2v) is 5.68. The molecule has 1 N–H and O–H groups in total. The standard InChI is InChI=1S/C13H23NO3/c1-14(12(8-17-2)13(15)16)7-11-6-9-3-4-10(11)5-9/h9-12H,3-8H2,1-2H3,(H,15,16). The van der Waals surface area contributed by atoms with Crippen LogP contribution in [0.15, 0.2) is 0 Å². The van der Waals surface area contributed by atoms with Gasteiger partial charge in [-0.25, -0.2) is 0 Å². The lowest BCUT2D eigenvalue weighted by atomic mass is 9.88. The number of fused-ring (bicyclic) bond motifs is 2. The second kappa shape index (κ2) is 5.36. The number of ether oxygens (including phenoxy) is 1. The van der Waals surface area contributed by atoms with Crippen LogP contribution in [0.4, 0.5) is 0 Å². The Hall–Kier alpha value is -0.610. The molecule has 0 aliphatic heterocycles. The molecule has 2 saturated carbocycles. The van der Waals surface area contributed by atoms with E-state index in [0.29, 0.717) is 5.92 Å². The fraction of sp³-hybridized carbons (Fsp3) is 0.923. The molecule has 0 spiro atoms. The summed E-state index contributed by atoms with van der Waals surface area (Å²) >= 11 is 0. The average Bonchev–Trinajstić information content (AvgIpc) is 2.86. The number of methoxy groups -OCH3 is 1. The number of carboxylic acid groups (broad SMARTS) is 1. The predicted molar refractivity (Wildman–Crippen MR) is 64.9 cm³/mol. The molecule has 0 heterocycles. The van der Waals surface area contributed by atoms with Crippen molar-refractivity contribution in [2.75, 3.05) is 27.3 Å². The number of aliphatic carboxylic acids is 1. The Labute approximate surface area is 103 Å². The Morgan fingerprint density at radius 3 is 2.71 bits per heavy atom. The zero-order valence-electron chi connectivity index (χ0n) is 10.8. The van der Waals surface area contributed by atoms with Gasteiger partial charge in [-0.15, -0.1) is 0 Å². The van der Waals surface area contributed by atoms with E-state index in [2.05, 4.69) is 0 Å². The third-order valence-electron chi connectivity index (χ3n) is 4.55. The van der Waals surface area contributed by atoms with Gasteiger partial charge in [-0.2, -0.15) is 0 Å². The van der Waals surface area contributed by atoms with Crippen molar-refractivity contribution in [1.29, 1.82) is 0 Å². The maximum Gasteiger partial charge on any atom is 0.323 e. The Bertz CT molecular complexity index is 282. The van der Waals surface area contributed by atoms with E-state index in [0.717, 1.165) is 18.4 Å². The molecule has 0 amide bonds. The van der Waals surface area contributed by atoms with Crippen LogP contribution in [0.1, 0.15) is 25.7 Å². The smallest absolute Gasteiger partial charge is 0.323 e. The number of rotatable bonds is 6. The van der Waals surface area contributed by atoms with Crippen molar-refractivity contribution in [2.24, 2.45) is 17.8 Å². The molecule has 0 aromatic rings. The van der Waals surface area contributed by atoms with Gasteiger partial charge in [-0.05, 0) is 44.1 Å². The van der Waals surface area contributed by atoms with Gasteiger partial charge in [0.25, 0.3) is 0 Å². The molecule has 0 aromatic carbocycles. The molecule has 0 saturated heterocycles. The summed E-state index contributed by atoms with van der Waals surface area (Å²) in [5, 5.41) is 9.16. The summed E-state index contributed by atoms with van der Waals surface area (Å²) in [6.45, 7) is 1.17. The molecule has 4 unspecified atom stereocenters. The maximum absolute atomic E-state index is 11.1. The summed E-state index contributed by atoms with van der Waals surface area (Å²) in [6, 6.07) is -0.501. The van der Waals surface area contributed by atoms with Crippen molar-refractivity contribution in [1.82, 2.24) is 4.90 Å². The van der Waals surface area contributed by atoms with E-state index >= 15 is 0 Å². The van der Waals surface area contributed by atoms with E-state index in [4.69, 9.17) is 9.84 Å².